The second-order valence-electron chi connectivity index (χ2n) is 6.71. The number of hydrogen-bond acceptors (Lipinski definition) is 4. The van der Waals surface area contributed by atoms with Crippen molar-refractivity contribution in [3.05, 3.63) is 78.1 Å². The lowest BCUT2D eigenvalue weighted by Gasteiger charge is -2.15. The van der Waals surface area contributed by atoms with Crippen molar-refractivity contribution >= 4 is 23.0 Å². The fourth-order valence-corrected chi connectivity index (χ4v) is 2.90. The van der Waals surface area contributed by atoms with E-state index in [9.17, 15) is 4.79 Å². The van der Waals surface area contributed by atoms with E-state index in [2.05, 4.69) is 35.5 Å². The zero-order valence-corrected chi connectivity index (χ0v) is 16.4. The Morgan fingerprint density at radius 3 is 2.50 bits per heavy atom. The number of aromatic nitrogens is 1. The fourth-order valence-electron chi connectivity index (χ4n) is 2.90. The highest BCUT2D eigenvalue weighted by Crippen LogP contribution is 2.27. The molecule has 1 amide bonds. The van der Waals surface area contributed by atoms with E-state index in [-0.39, 0.29) is 5.91 Å². The predicted octanol–water partition coefficient (Wildman–Crippen LogP) is 5.60. The zero-order valence-electron chi connectivity index (χ0n) is 16.4. The van der Waals surface area contributed by atoms with Gasteiger partial charge in [0, 0.05) is 23.3 Å². The van der Waals surface area contributed by atoms with E-state index in [4.69, 9.17) is 4.74 Å². The molecule has 0 aliphatic heterocycles. The van der Waals surface area contributed by atoms with Crippen molar-refractivity contribution in [1.29, 1.82) is 0 Å². The van der Waals surface area contributed by atoms with Crippen LogP contribution in [0.5, 0.6) is 5.75 Å². The number of para-hydroxylation sites is 1. The van der Waals surface area contributed by atoms with Crippen LogP contribution >= 0.6 is 0 Å². The lowest BCUT2D eigenvalue weighted by molar-refractivity contribution is 0.102. The molecule has 1 heterocycles. The second kappa shape index (κ2) is 9.04. The Morgan fingerprint density at radius 2 is 1.79 bits per heavy atom. The van der Waals surface area contributed by atoms with Crippen molar-refractivity contribution in [2.45, 2.75) is 26.7 Å². The summed E-state index contributed by atoms with van der Waals surface area (Å²) >= 11 is 0. The number of amides is 1. The maximum Gasteiger partial charge on any atom is 0.274 e. The summed E-state index contributed by atoms with van der Waals surface area (Å²) in [5.41, 5.74) is 4.11. The number of benzene rings is 2. The van der Waals surface area contributed by atoms with Gasteiger partial charge in [-0.2, -0.15) is 0 Å². The van der Waals surface area contributed by atoms with Crippen LogP contribution in [-0.4, -0.2) is 17.5 Å². The van der Waals surface area contributed by atoms with Crippen LogP contribution < -0.4 is 15.4 Å². The van der Waals surface area contributed by atoms with Crippen LogP contribution in [0.25, 0.3) is 0 Å². The first-order chi connectivity index (χ1) is 13.6. The maximum absolute atomic E-state index is 12.6. The molecule has 2 N–H and O–H groups in total. The average molecular weight is 375 g/mol. The highest BCUT2D eigenvalue weighted by atomic mass is 16.5. The fraction of sp³-hybridized carbons (Fsp3) is 0.217. The Balaban J connectivity index is 1.73. The van der Waals surface area contributed by atoms with Gasteiger partial charge in [-0.3, -0.25) is 9.78 Å². The summed E-state index contributed by atoms with van der Waals surface area (Å²) in [5.74, 6) is 0.909. The Labute approximate surface area is 165 Å². The monoisotopic (exact) mass is 375 g/mol. The SMILES string of the molecule is CCOc1ccc(NC(=O)c2cc(Nc3ccccc3C(C)C)ccn2)cc1. The molecule has 2 aromatic carbocycles. The molecule has 3 aromatic rings. The van der Waals surface area contributed by atoms with E-state index in [1.165, 1.54) is 5.56 Å². The van der Waals surface area contributed by atoms with Gasteiger partial charge in [-0.05, 0) is 60.9 Å². The van der Waals surface area contributed by atoms with Gasteiger partial charge in [-0.25, -0.2) is 0 Å². The third kappa shape index (κ3) is 4.88. The quantitative estimate of drug-likeness (QED) is 0.564. The van der Waals surface area contributed by atoms with Gasteiger partial charge in [0.2, 0.25) is 0 Å². The minimum absolute atomic E-state index is 0.259. The third-order valence-corrected chi connectivity index (χ3v) is 4.28. The van der Waals surface area contributed by atoms with E-state index in [1.807, 2.05) is 55.5 Å². The molecule has 0 spiro atoms. The second-order valence-corrected chi connectivity index (χ2v) is 6.71. The first kappa shape index (κ1) is 19.4. The van der Waals surface area contributed by atoms with Gasteiger partial charge in [0.05, 0.1) is 6.61 Å². The van der Waals surface area contributed by atoms with Gasteiger partial charge in [-0.15, -0.1) is 0 Å². The molecule has 0 fully saturated rings. The molecule has 1 aromatic heterocycles. The van der Waals surface area contributed by atoms with E-state index in [0.717, 1.165) is 17.1 Å². The minimum atomic E-state index is -0.259. The molecular formula is C23H25N3O2. The van der Waals surface area contributed by atoms with E-state index in [1.54, 1.807) is 12.3 Å². The van der Waals surface area contributed by atoms with E-state index < -0.39 is 0 Å². The summed E-state index contributed by atoms with van der Waals surface area (Å²) in [7, 11) is 0. The highest BCUT2D eigenvalue weighted by molar-refractivity contribution is 6.03. The lowest BCUT2D eigenvalue weighted by Crippen LogP contribution is -2.13. The van der Waals surface area contributed by atoms with E-state index >= 15 is 0 Å². The molecule has 0 unspecified atom stereocenters. The smallest absolute Gasteiger partial charge is 0.274 e. The molecule has 0 saturated carbocycles. The van der Waals surface area contributed by atoms with Gasteiger partial charge < -0.3 is 15.4 Å². The number of anilines is 3. The molecule has 144 valence electrons. The lowest BCUT2D eigenvalue weighted by atomic mass is 10.0. The summed E-state index contributed by atoms with van der Waals surface area (Å²) in [6.07, 6.45) is 1.63. The number of pyridine rings is 1. The number of nitrogens with zero attached hydrogens (tertiary/aromatic N) is 1. The molecular weight excluding hydrogens is 350 g/mol. The largest absolute Gasteiger partial charge is 0.494 e. The van der Waals surface area contributed by atoms with Crippen molar-refractivity contribution in [3.8, 4) is 5.75 Å². The number of rotatable bonds is 7. The minimum Gasteiger partial charge on any atom is -0.494 e. The summed E-state index contributed by atoms with van der Waals surface area (Å²) in [6, 6.07) is 19.0. The topological polar surface area (TPSA) is 63.2 Å². The molecule has 3 rings (SSSR count). The molecule has 5 heteroatoms. The van der Waals surface area contributed by atoms with Crippen LogP contribution in [-0.2, 0) is 0 Å². The van der Waals surface area contributed by atoms with Crippen LogP contribution in [0, 0.1) is 0 Å². The summed E-state index contributed by atoms with van der Waals surface area (Å²) in [6.45, 7) is 6.85. The van der Waals surface area contributed by atoms with Crippen molar-refractivity contribution in [3.63, 3.8) is 0 Å². The first-order valence-corrected chi connectivity index (χ1v) is 9.43. The van der Waals surface area contributed by atoms with Crippen molar-refractivity contribution in [2.75, 3.05) is 17.2 Å². The highest BCUT2D eigenvalue weighted by Gasteiger charge is 2.10. The molecule has 0 bridgehead atoms. The summed E-state index contributed by atoms with van der Waals surface area (Å²) in [4.78, 5) is 16.8. The van der Waals surface area contributed by atoms with Crippen molar-refractivity contribution in [1.82, 2.24) is 4.98 Å². The molecule has 0 aliphatic carbocycles. The van der Waals surface area contributed by atoms with Crippen LogP contribution in [0.2, 0.25) is 0 Å². The molecule has 0 atom stereocenters. The number of carbonyl (C=O) groups is 1. The van der Waals surface area contributed by atoms with Gasteiger partial charge in [0.25, 0.3) is 5.91 Å². The number of nitrogens with one attached hydrogen (secondary N) is 2. The van der Waals surface area contributed by atoms with Gasteiger partial charge >= 0.3 is 0 Å². The molecule has 0 radical (unpaired) electrons. The van der Waals surface area contributed by atoms with E-state index in [0.29, 0.717) is 23.9 Å². The Kier molecular flexibility index (Phi) is 6.27. The number of carbonyl (C=O) groups excluding carboxylic acids is 1. The normalized spacial score (nSPS) is 10.6. The molecule has 0 aliphatic rings. The van der Waals surface area contributed by atoms with Crippen LogP contribution in [0.15, 0.2) is 66.9 Å². The molecule has 0 saturated heterocycles. The zero-order chi connectivity index (χ0) is 19.9. The maximum atomic E-state index is 12.6. The number of ether oxygens (including phenoxy) is 1. The van der Waals surface area contributed by atoms with Crippen molar-refractivity contribution in [2.24, 2.45) is 0 Å². The third-order valence-electron chi connectivity index (χ3n) is 4.28. The summed E-state index contributed by atoms with van der Waals surface area (Å²) < 4.78 is 5.42. The molecule has 28 heavy (non-hydrogen) atoms. The van der Waals surface area contributed by atoms with Crippen molar-refractivity contribution < 1.29 is 9.53 Å². The van der Waals surface area contributed by atoms with Gasteiger partial charge in [0.15, 0.2) is 0 Å². The van der Waals surface area contributed by atoms with Gasteiger partial charge in [0.1, 0.15) is 11.4 Å². The van der Waals surface area contributed by atoms with Gasteiger partial charge in [-0.1, -0.05) is 32.0 Å². The number of hydrogen-bond donors (Lipinski definition) is 2. The first-order valence-electron chi connectivity index (χ1n) is 9.43. The van der Waals surface area contributed by atoms with Crippen LogP contribution in [0.4, 0.5) is 17.1 Å². The predicted molar refractivity (Wildman–Crippen MR) is 114 cm³/mol. The Morgan fingerprint density at radius 1 is 1.04 bits per heavy atom. The standard InChI is InChI=1S/C23H25N3O2/c1-4-28-19-11-9-17(10-12-19)26-23(27)22-15-18(13-14-24-22)25-21-8-6-5-7-20(21)16(2)3/h5-16H,4H2,1-3H3,(H,24,25)(H,26,27). The molecule has 5 nitrogen and oxygen atoms in total. The Bertz CT molecular complexity index is 937. The Hall–Kier alpha value is -3.34. The summed E-state index contributed by atoms with van der Waals surface area (Å²) in [5, 5.41) is 6.26. The van der Waals surface area contributed by atoms with Crippen LogP contribution in [0.3, 0.4) is 0 Å². The average Bonchev–Trinajstić information content (AvgIpc) is 2.70. The van der Waals surface area contributed by atoms with Crippen LogP contribution in [0.1, 0.15) is 42.7 Å².